The van der Waals surface area contributed by atoms with Gasteiger partial charge in [0.2, 0.25) is 11.8 Å². The van der Waals surface area contributed by atoms with Gasteiger partial charge in [0.15, 0.2) is 0 Å². The molecule has 5 rings (SSSR count). The second kappa shape index (κ2) is 13.7. The van der Waals surface area contributed by atoms with Gasteiger partial charge in [0.05, 0.1) is 18.0 Å². The summed E-state index contributed by atoms with van der Waals surface area (Å²) in [4.78, 5) is 32.1. The zero-order chi connectivity index (χ0) is 29.5. The Hall–Kier alpha value is -4.06. The summed E-state index contributed by atoms with van der Waals surface area (Å²) < 4.78 is 27.0. The fourth-order valence-corrected chi connectivity index (χ4v) is 5.06. The summed E-state index contributed by atoms with van der Waals surface area (Å²) in [6.45, 7) is 5.71. The van der Waals surface area contributed by atoms with E-state index in [1.54, 1.807) is 35.3 Å². The van der Waals surface area contributed by atoms with Gasteiger partial charge < -0.3 is 9.47 Å². The molecular weight excluding hydrogens is 539 g/mol. The minimum atomic E-state index is -0.584. The second-order valence-corrected chi connectivity index (χ2v) is 10.3. The number of carbonyl (C=O) groups is 1. The Morgan fingerprint density at radius 1 is 1.14 bits per heavy atom. The Morgan fingerprint density at radius 3 is 2.64 bits per heavy atom. The van der Waals surface area contributed by atoms with Gasteiger partial charge >= 0.3 is 0 Å². The maximum atomic E-state index is 14.0. The van der Waals surface area contributed by atoms with Crippen molar-refractivity contribution >= 4 is 5.78 Å². The van der Waals surface area contributed by atoms with Gasteiger partial charge in [-0.15, -0.1) is 5.10 Å². The van der Waals surface area contributed by atoms with Gasteiger partial charge in [-0.05, 0) is 36.8 Å². The van der Waals surface area contributed by atoms with Crippen molar-refractivity contribution in [1.29, 1.82) is 0 Å². The van der Waals surface area contributed by atoms with E-state index >= 15 is 0 Å². The Morgan fingerprint density at radius 2 is 1.93 bits per heavy atom. The molecule has 4 heterocycles. The Balaban J connectivity index is 1.35. The molecule has 0 unspecified atom stereocenters. The van der Waals surface area contributed by atoms with Crippen LogP contribution >= 0.6 is 0 Å². The largest absolute Gasteiger partial charge is 0.471 e. The highest BCUT2D eigenvalue weighted by molar-refractivity contribution is 5.81. The maximum absolute atomic E-state index is 14.0. The maximum Gasteiger partial charge on any atom is 0.236 e. The average molecular weight is 575 g/mol. The molecule has 0 radical (unpaired) electrons. The summed E-state index contributed by atoms with van der Waals surface area (Å²) in [6.07, 6.45) is 5.61. The number of rotatable bonds is 13. The third-order valence-corrected chi connectivity index (χ3v) is 7.26. The fourth-order valence-electron chi connectivity index (χ4n) is 5.06. The number of nitrogens with zero attached hydrogens (tertiary/aromatic N) is 6. The summed E-state index contributed by atoms with van der Waals surface area (Å²) in [5.74, 6) is 0.480. The van der Waals surface area contributed by atoms with Crippen LogP contribution in [0.5, 0.6) is 5.88 Å². The van der Waals surface area contributed by atoms with E-state index in [1.165, 1.54) is 12.3 Å². The Labute approximate surface area is 244 Å². The second-order valence-electron chi connectivity index (χ2n) is 10.3. The average Bonchev–Trinajstić information content (AvgIpc) is 3.55. The SMILES string of the molecule is CCc1ncc(COc2nn(-c3ccccc3)c(CC(=O)C[C@@H]3CN(CCOC)O[C@H]3c3ccnc(F)c3)c2C)cn1. The molecular formula is C31H35FN6O4. The molecule has 220 valence electrons. The van der Waals surface area contributed by atoms with Crippen LogP contribution in [0, 0.1) is 18.8 Å². The lowest BCUT2D eigenvalue weighted by molar-refractivity contribution is -0.155. The molecule has 10 nitrogen and oxygen atoms in total. The Kier molecular flexibility index (Phi) is 9.63. The quantitative estimate of drug-likeness (QED) is 0.215. The first kappa shape index (κ1) is 29.4. The lowest BCUT2D eigenvalue weighted by Gasteiger charge is -2.17. The van der Waals surface area contributed by atoms with E-state index in [9.17, 15) is 9.18 Å². The van der Waals surface area contributed by atoms with E-state index in [0.717, 1.165) is 34.8 Å². The number of hydroxylamine groups is 2. The molecule has 4 aromatic rings. The molecule has 1 saturated heterocycles. The number of methoxy groups -OCH3 is 1. The smallest absolute Gasteiger partial charge is 0.236 e. The molecule has 1 aliphatic rings. The monoisotopic (exact) mass is 574 g/mol. The number of hydrogen-bond acceptors (Lipinski definition) is 9. The van der Waals surface area contributed by atoms with Crippen LogP contribution in [0.3, 0.4) is 0 Å². The summed E-state index contributed by atoms with van der Waals surface area (Å²) in [6, 6.07) is 12.7. The van der Waals surface area contributed by atoms with Gasteiger partial charge in [-0.3, -0.25) is 9.63 Å². The van der Waals surface area contributed by atoms with E-state index in [-0.39, 0.29) is 31.1 Å². The van der Waals surface area contributed by atoms with Crippen molar-refractivity contribution in [3.63, 3.8) is 0 Å². The molecule has 0 amide bonds. The fraction of sp³-hybridized carbons (Fsp3) is 0.387. The van der Waals surface area contributed by atoms with Crippen molar-refractivity contribution in [1.82, 2.24) is 29.8 Å². The van der Waals surface area contributed by atoms with Gasteiger partial charge in [0.25, 0.3) is 0 Å². The van der Waals surface area contributed by atoms with E-state index in [1.807, 2.05) is 44.2 Å². The number of aromatic nitrogens is 5. The van der Waals surface area contributed by atoms with Crippen LogP contribution in [0.15, 0.2) is 61.1 Å². The highest BCUT2D eigenvalue weighted by Gasteiger charge is 2.37. The number of Topliss-reactive ketones (excluding diaryl/α,β-unsaturated/α-hetero) is 1. The molecule has 0 saturated carbocycles. The van der Waals surface area contributed by atoms with Crippen LogP contribution in [0.1, 0.15) is 47.7 Å². The molecule has 11 heteroatoms. The normalized spacial score (nSPS) is 17.0. The summed E-state index contributed by atoms with van der Waals surface area (Å²) >= 11 is 0. The molecule has 1 aliphatic heterocycles. The van der Waals surface area contributed by atoms with Crippen LogP contribution in [0.2, 0.25) is 0 Å². The van der Waals surface area contributed by atoms with Gasteiger partial charge in [-0.1, -0.05) is 25.1 Å². The number of para-hydroxylation sites is 1. The molecule has 0 bridgehead atoms. The highest BCUT2D eigenvalue weighted by atomic mass is 19.1. The molecule has 42 heavy (non-hydrogen) atoms. The number of halogens is 1. The zero-order valence-corrected chi connectivity index (χ0v) is 24.1. The lowest BCUT2D eigenvalue weighted by Crippen LogP contribution is -2.24. The van der Waals surface area contributed by atoms with Crippen LogP contribution in [-0.4, -0.2) is 62.4 Å². The molecule has 1 aromatic carbocycles. The first-order valence-corrected chi connectivity index (χ1v) is 14.1. The number of aryl methyl sites for hydroxylation is 1. The van der Waals surface area contributed by atoms with E-state index in [2.05, 4.69) is 15.0 Å². The molecule has 0 N–H and O–H groups in total. The standard InChI is InChI=1S/C31H35FN6O4/c1-4-29-34-17-22(18-35-29)20-41-31-21(2)27(38(36-31)25-8-6-5-7-9-25)16-26(39)14-24-19-37(12-13-40-3)42-30(24)23-10-11-33-28(32)15-23/h5-11,15,17-18,24,30H,4,12-14,16,19-20H2,1-3H3/t24-,30+/m1/s1. The van der Waals surface area contributed by atoms with Crippen molar-refractivity contribution in [3.05, 3.63) is 95.2 Å². The van der Waals surface area contributed by atoms with Crippen molar-refractivity contribution in [2.45, 2.75) is 45.8 Å². The minimum Gasteiger partial charge on any atom is -0.471 e. The number of ketones is 1. The van der Waals surface area contributed by atoms with Crippen molar-refractivity contribution in [2.24, 2.45) is 5.92 Å². The molecule has 2 atom stereocenters. The number of pyridine rings is 1. The summed E-state index contributed by atoms with van der Waals surface area (Å²) in [5.41, 5.74) is 3.85. The third-order valence-electron chi connectivity index (χ3n) is 7.26. The van der Waals surface area contributed by atoms with E-state index in [4.69, 9.17) is 19.4 Å². The Bertz CT molecular complexity index is 1480. The van der Waals surface area contributed by atoms with Gasteiger partial charge in [-0.2, -0.15) is 9.45 Å². The first-order valence-electron chi connectivity index (χ1n) is 14.1. The highest BCUT2D eigenvalue weighted by Crippen LogP contribution is 2.37. The molecule has 0 aliphatic carbocycles. The predicted octanol–water partition coefficient (Wildman–Crippen LogP) is 4.40. The summed E-state index contributed by atoms with van der Waals surface area (Å²) in [5, 5.41) is 6.52. The third kappa shape index (κ3) is 7.04. The van der Waals surface area contributed by atoms with Crippen molar-refractivity contribution in [3.8, 4) is 11.6 Å². The number of carbonyl (C=O) groups excluding carboxylic acids is 1. The lowest BCUT2D eigenvalue weighted by atomic mass is 9.91. The van der Waals surface area contributed by atoms with Gasteiger partial charge in [-0.25, -0.2) is 19.6 Å². The van der Waals surface area contributed by atoms with Crippen molar-refractivity contribution < 1.29 is 23.5 Å². The molecule has 1 fully saturated rings. The first-order chi connectivity index (χ1) is 20.4. The summed E-state index contributed by atoms with van der Waals surface area (Å²) in [7, 11) is 1.62. The zero-order valence-electron chi connectivity index (χ0n) is 24.1. The molecule has 0 spiro atoms. The van der Waals surface area contributed by atoms with E-state index < -0.39 is 12.1 Å². The van der Waals surface area contributed by atoms with Crippen LogP contribution in [0.25, 0.3) is 5.69 Å². The number of hydrogen-bond donors (Lipinski definition) is 0. The molecule has 3 aromatic heterocycles. The van der Waals surface area contributed by atoms with Crippen LogP contribution in [-0.2, 0) is 33.8 Å². The minimum absolute atomic E-state index is 0.0204. The predicted molar refractivity (Wildman–Crippen MR) is 152 cm³/mol. The number of benzene rings is 1. The van der Waals surface area contributed by atoms with Crippen LogP contribution in [0.4, 0.5) is 4.39 Å². The van der Waals surface area contributed by atoms with Gasteiger partial charge in [0.1, 0.15) is 24.3 Å². The topological polar surface area (TPSA) is 104 Å². The van der Waals surface area contributed by atoms with Crippen LogP contribution < -0.4 is 4.74 Å². The van der Waals surface area contributed by atoms with Gasteiger partial charge in [0, 0.05) is 75.1 Å². The number of ether oxygens (including phenoxy) is 2. The van der Waals surface area contributed by atoms with E-state index in [0.29, 0.717) is 31.1 Å². The van der Waals surface area contributed by atoms with Crippen molar-refractivity contribution in [2.75, 3.05) is 26.8 Å².